The minimum Gasteiger partial charge on any atom is -0.361 e. The number of fused-ring (bicyclic) bond motifs is 2. The second kappa shape index (κ2) is 5.74. The van der Waals surface area contributed by atoms with E-state index in [0.717, 1.165) is 41.5 Å². The van der Waals surface area contributed by atoms with Gasteiger partial charge in [-0.3, -0.25) is 4.79 Å². The molecule has 23 heavy (non-hydrogen) atoms. The van der Waals surface area contributed by atoms with Crippen molar-refractivity contribution < 1.29 is 4.79 Å². The van der Waals surface area contributed by atoms with Crippen molar-refractivity contribution in [1.29, 1.82) is 0 Å². The zero-order valence-corrected chi connectivity index (χ0v) is 13.4. The number of aromatic amines is 1. The van der Waals surface area contributed by atoms with Crippen molar-refractivity contribution in [3.05, 3.63) is 64.8 Å². The van der Waals surface area contributed by atoms with Gasteiger partial charge >= 0.3 is 0 Å². The van der Waals surface area contributed by atoms with Crippen LogP contribution in [0.25, 0.3) is 10.9 Å². The number of hydrogen-bond acceptors (Lipinski definition) is 1. The minimum atomic E-state index is 0.146. The fourth-order valence-electron chi connectivity index (χ4n) is 3.36. The van der Waals surface area contributed by atoms with Gasteiger partial charge < -0.3 is 9.88 Å². The molecular weight excluding hydrogens is 308 g/mol. The van der Waals surface area contributed by atoms with Crippen LogP contribution in [0.5, 0.6) is 0 Å². The Morgan fingerprint density at radius 1 is 1.22 bits per heavy atom. The molecule has 0 radical (unpaired) electrons. The molecule has 0 saturated carbocycles. The van der Waals surface area contributed by atoms with Gasteiger partial charge in [-0.15, -0.1) is 0 Å². The third kappa shape index (κ3) is 2.62. The second-order valence-corrected chi connectivity index (χ2v) is 6.39. The van der Waals surface area contributed by atoms with Crippen LogP contribution in [-0.4, -0.2) is 17.4 Å². The smallest absolute Gasteiger partial charge is 0.231 e. The van der Waals surface area contributed by atoms with Crippen LogP contribution in [-0.2, 0) is 17.6 Å². The highest BCUT2D eigenvalue weighted by Gasteiger charge is 2.22. The summed E-state index contributed by atoms with van der Waals surface area (Å²) in [6.07, 6.45) is 4.38. The van der Waals surface area contributed by atoms with Gasteiger partial charge in [0.15, 0.2) is 0 Å². The first-order valence-corrected chi connectivity index (χ1v) is 8.24. The predicted molar refractivity (Wildman–Crippen MR) is 94.1 cm³/mol. The number of halogens is 1. The maximum atomic E-state index is 12.8. The lowest BCUT2D eigenvalue weighted by atomic mass is 10.0. The van der Waals surface area contributed by atoms with Crippen LogP contribution in [0.4, 0.5) is 5.69 Å². The van der Waals surface area contributed by atoms with Gasteiger partial charge in [-0.25, -0.2) is 0 Å². The van der Waals surface area contributed by atoms with Crippen LogP contribution in [0.1, 0.15) is 17.5 Å². The summed E-state index contributed by atoms with van der Waals surface area (Å²) in [5.41, 5.74) is 4.31. The molecule has 0 aliphatic carbocycles. The molecule has 1 aliphatic heterocycles. The second-order valence-electron chi connectivity index (χ2n) is 5.96. The highest BCUT2D eigenvalue weighted by Crippen LogP contribution is 2.28. The van der Waals surface area contributed by atoms with Crippen molar-refractivity contribution in [2.45, 2.75) is 19.3 Å². The van der Waals surface area contributed by atoms with E-state index < -0.39 is 0 Å². The quantitative estimate of drug-likeness (QED) is 0.747. The molecule has 1 aliphatic rings. The fraction of sp³-hybridized carbons (Fsp3) is 0.211. The van der Waals surface area contributed by atoms with Crippen LogP contribution >= 0.6 is 11.6 Å². The van der Waals surface area contributed by atoms with E-state index >= 15 is 0 Å². The van der Waals surface area contributed by atoms with E-state index in [4.69, 9.17) is 11.6 Å². The Bertz CT molecular complexity index is 884. The van der Waals surface area contributed by atoms with Gasteiger partial charge in [0.25, 0.3) is 0 Å². The summed E-state index contributed by atoms with van der Waals surface area (Å²) >= 11 is 6.02. The van der Waals surface area contributed by atoms with Crippen LogP contribution < -0.4 is 4.90 Å². The summed E-state index contributed by atoms with van der Waals surface area (Å²) in [6.45, 7) is 0.796. The van der Waals surface area contributed by atoms with Crippen LogP contribution in [0.15, 0.2) is 48.7 Å². The minimum absolute atomic E-state index is 0.146. The molecule has 1 aromatic heterocycles. The Balaban J connectivity index is 1.63. The largest absolute Gasteiger partial charge is 0.361 e. The molecule has 1 amide bonds. The SMILES string of the molecule is O=C(Cc1c[nH]c2cc(Cl)ccc12)N1CCCc2ccccc21. The molecule has 1 N–H and O–H groups in total. The van der Waals surface area contributed by atoms with E-state index in [1.165, 1.54) is 5.56 Å². The van der Waals surface area contributed by atoms with Gasteiger partial charge in [0.2, 0.25) is 5.91 Å². The van der Waals surface area contributed by atoms with Crippen molar-refractivity contribution in [3.8, 4) is 0 Å². The van der Waals surface area contributed by atoms with E-state index in [0.29, 0.717) is 11.4 Å². The summed E-state index contributed by atoms with van der Waals surface area (Å²) in [5.74, 6) is 0.146. The lowest BCUT2D eigenvalue weighted by Crippen LogP contribution is -2.36. The van der Waals surface area contributed by atoms with Crippen molar-refractivity contribution >= 4 is 34.1 Å². The standard InChI is InChI=1S/C19H17ClN2O/c20-15-7-8-16-14(12-21-17(16)11-15)10-19(23)22-9-3-5-13-4-1-2-6-18(13)22/h1-2,4,6-8,11-12,21H,3,5,9-10H2. The molecule has 2 heterocycles. The van der Waals surface area contributed by atoms with Crippen LogP contribution in [0.2, 0.25) is 5.02 Å². The zero-order valence-electron chi connectivity index (χ0n) is 12.7. The number of benzene rings is 2. The number of nitrogens with one attached hydrogen (secondary N) is 1. The molecular formula is C19H17ClN2O. The van der Waals surface area contributed by atoms with E-state index in [9.17, 15) is 4.79 Å². The highest BCUT2D eigenvalue weighted by molar-refractivity contribution is 6.31. The number of carbonyl (C=O) groups is 1. The van der Waals surface area contributed by atoms with Gasteiger partial charge in [-0.1, -0.05) is 35.9 Å². The molecule has 4 heteroatoms. The number of para-hydroxylation sites is 1. The number of H-pyrrole nitrogens is 1. The normalized spacial score (nSPS) is 14.0. The first-order chi connectivity index (χ1) is 11.2. The first kappa shape index (κ1) is 14.3. The number of rotatable bonds is 2. The summed E-state index contributed by atoms with van der Waals surface area (Å²) in [6, 6.07) is 13.9. The van der Waals surface area contributed by atoms with Gasteiger partial charge in [-0.2, -0.15) is 0 Å². The number of aryl methyl sites for hydroxylation is 1. The van der Waals surface area contributed by atoms with Crippen LogP contribution in [0, 0.1) is 0 Å². The van der Waals surface area contributed by atoms with Gasteiger partial charge in [0.05, 0.1) is 6.42 Å². The molecule has 116 valence electrons. The summed E-state index contributed by atoms with van der Waals surface area (Å²) in [7, 11) is 0. The van der Waals surface area contributed by atoms with E-state index in [-0.39, 0.29) is 5.91 Å². The van der Waals surface area contributed by atoms with Crippen molar-refractivity contribution in [1.82, 2.24) is 4.98 Å². The average molecular weight is 325 g/mol. The first-order valence-electron chi connectivity index (χ1n) is 7.86. The number of nitrogens with zero attached hydrogens (tertiary/aromatic N) is 1. The third-order valence-electron chi connectivity index (χ3n) is 4.48. The van der Waals surface area contributed by atoms with E-state index in [2.05, 4.69) is 11.1 Å². The molecule has 0 saturated heterocycles. The molecule has 3 nitrogen and oxygen atoms in total. The molecule has 2 aromatic carbocycles. The summed E-state index contributed by atoms with van der Waals surface area (Å²) < 4.78 is 0. The van der Waals surface area contributed by atoms with E-state index in [1.54, 1.807) is 0 Å². The number of carbonyl (C=O) groups excluding carboxylic acids is 1. The lowest BCUT2D eigenvalue weighted by Gasteiger charge is -2.29. The Morgan fingerprint density at radius 2 is 2.09 bits per heavy atom. The number of aromatic nitrogens is 1. The van der Waals surface area contributed by atoms with Crippen molar-refractivity contribution in [2.24, 2.45) is 0 Å². The molecule has 0 atom stereocenters. The molecule has 4 rings (SSSR count). The van der Waals surface area contributed by atoms with Crippen molar-refractivity contribution in [2.75, 3.05) is 11.4 Å². The van der Waals surface area contributed by atoms with Gasteiger partial charge in [0, 0.05) is 34.4 Å². The topological polar surface area (TPSA) is 36.1 Å². The lowest BCUT2D eigenvalue weighted by molar-refractivity contribution is -0.118. The molecule has 0 fully saturated rings. The Labute approximate surface area is 139 Å². The Hall–Kier alpha value is -2.26. The third-order valence-corrected chi connectivity index (χ3v) is 4.72. The van der Waals surface area contributed by atoms with E-state index in [1.807, 2.05) is 47.5 Å². The molecule has 0 spiro atoms. The molecule has 0 bridgehead atoms. The molecule has 0 unspecified atom stereocenters. The zero-order chi connectivity index (χ0) is 15.8. The average Bonchev–Trinajstić information content (AvgIpc) is 2.96. The monoisotopic (exact) mass is 324 g/mol. The van der Waals surface area contributed by atoms with Gasteiger partial charge in [-0.05, 0) is 42.2 Å². The maximum absolute atomic E-state index is 12.8. The Morgan fingerprint density at radius 3 is 3.00 bits per heavy atom. The van der Waals surface area contributed by atoms with Gasteiger partial charge in [0.1, 0.15) is 0 Å². The predicted octanol–water partition coefficient (Wildman–Crippen LogP) is 4.34. The number of amides is 1. The van der Waals surface area contributed by atoms with Crippen molar-refractivity contribution in [3.63, 3.8) is 0 Å². The highest BCUT2D eigenvalue weighted by atomic mass is 35.5. The summed E-state index contributed by atoms with van der Waals surface area (Å²) in [5, 5.41) is 1.76. The maximum Gasteiger partial charge on any atom is 0.231 e. The fourth-order valence-corrected chi connectivity index (χ4v) is 3.53. The Kier molecular flexibility index (Phi) is 3.58. The summed E-state index contributed by atoms with van der Waals surface area (Å²) in [4.78, 5) is 18.0. The molecule has 3 aromatic rings. The van der Waals surface area contributed by atoms with Crippen LogP contribution in [0.3, 0.4) is 0 Å². The number of hydrogen-bond donors (Lipinski definition) is 1. The number of anilines is 1.